The molecule has 0 aromatic heterocycles. The van der Waals surface area contributed by atoms with Crippen LogP contribution in [-0.2, 0) is 10.0 Å². The molecule has 0 radical (unpaired) electrons. The molecule has 0 bridgehead atoms. The third kappa shape index (κ3) is 3.91. The summed E-state index contributed by atoms with van der Waals surface area (Å²) in [7, 11) is -3.85. The van der Waals surface area contributed by atoms with Crippen LogP contribution in [0.25, 0.3) is 11.1 Å². The summed E-state index contributed by atoms with van der Waals surface area (Å²) in [5.74, 6) is -0.670. The predicted octanol–water partition coefficient (Wildman–Crippen LogP) is 4.18. The SMILES string of the molecule is Cc1ccc(-c2ccc(C#N)c(F)c2)cc1NS(=O)(=O)c1ccc(O)cc1. The Morgan fingerprint density at radius 2 is 1.63 bits per heavy atom. The van der Waals surface area contributed by atoms with Crippen LogP contribution in [0.4, 0.5) is 10.1 Å². The number of rotatable bonds is 4. The first kappa shape index (κ1) is 18.4. The van der Waals surface area contributed by atoms with E-state index in [-0.39, 0.29) is 16.2 Å². The van der Waals surface area contributed by atoms with Crippen molar-refractivity contribution in [1.82, 2.24) is 0 Å². The number of nitrogens with one attached hydrogen (secondary N) is 1. The number of phenolic OH excluding ortho intramolecular Hbond substituents is 1. The number of benzene rings is 3. The van der Waals surface area contributed by atoms with Gasteiger partial charge in [0.1, 0.15) is 17.6 Å². The number of nitrogens with zero attached hydrogens (tertiary/aromatic N) is 1. The molecular weight excluding hydrogens is 367 g/mol. The smallest absolute Gasteiger partial charge is 0.261 e. The van der Waals surface area contributed by atoms with Gasteiger partial charge in [-0.1, -0.05) is 18.2 Å². The van der Waals surface area contributed by atoms with Crippen molar-refractivity contribution in [3.05, 3.63) is 77.6 Å². The van der Waals surface area contributed by atoms with Crippen LogP contribution in [0, 0.1) is 24.1 Å². The van der Waals surface area contributed by atoms with Crippen molar-refractivity contribution >= 4 is 15.7 Å². The van der Waals surface area contributed by atoms with Crippen molar-refractivity contribution in [1.29, 1.82) is 5.26 Å². The van der Waals surface area contributed by atoms with Crippen molar-refractivity contribution in [2.45, 2.75) is 11.8 Å². The number of hydrogen-bond donors (Lipinski definition) is 2. The lowest BCUT2D eigenvalue weighted by Gasteiger charge is -2.13. The zero-order valence-corrected chi connectivity index (χ0v) is 15.1. The summed E-state index contributed by atoms with van der Waals surface area (Å²) in [6.07, 6.45) is 0. The molecule has 27 heavy (non-hydrogen) atoms. The summed E-state index contributed by atoms with van der Waals surface area (Å²) in [4.78, 5) is 0.00882. The molecular formula is C20H15FN2O3S. The fourth-order valence-corrected chi connectivity index (χ4v) is 3.65. The second kappa shape index (κ2) is 7.09. The van der Waals surface area contributed by atoms with Gasteiger partial charge in [-0.25, -0.2) is 12.8 Å². The van der Waals surface area contributed by atoms with Gasteiger partial charge in [0, 0.05) is 0 Å². The number of halogens is 1. The maximum absolute atomic E-state index is 13.9. The molecule has 0 saturated heterocycles. The summed E-state index contributed by atoms with van der Waals surface area (Å²) in [5.41, 5.74) is 2.11. The van der Waals surface area contributed by atoms with E-state index in [1.807, 2.05) is 0 Å². The van der Waals surface area contributed by atoms with E-state index in [4.69, 9.17) is 5.26 Å². The standard InChI is InChI=1S/C20H15FN2O3S/c1-13-2-3-15(14-4-5-16(12-22)19(21)10-14)11-20(13)23-27(25,26)18-8-6-17(24)7-9-18/h2-11,23-24H,1H3. The van der Waals surface area contributed by atoms with Gasteiger partial charge in [0.25, 0.3) is 10.0 Å². The Labute approximate surface area is 156 Å². The van der Waals surface area contributed by atoms with E-state index < -0.39 is 15.8 Å². The van der Waals surface area contributed by atoms with Crippen LogP contribution in [0.1, 0.15) is 11.1 Å². The molecule has 3 rings (SSSR count). The fraction of sp³-hybridized carbons (Fsp3) is 0.0500. The van der Waals surface area contributed by atoms with Crippen molar-refractivity contribution in [2.24, 2.45) is 0 Å². The number of anilines is 1. The Hall–Kier alpha value is -3.37. The first-order valence-electron chi connectivity index (χ1n) is 7.93. The van der Waals surface area contributed by atoms with Crippen LogP contribution < -0.4 is 4.72 Å². The van der Waals surface area contributed by atoms with Gasteiger partial charge in [0.15, 0.2) is 0 Å². The molecule has 0 amide bonds. The Morgan fingerprint density at radius 1 is 1.00 bits per heavy atom. The molecule has 0 saturated carbocycles. The van der Waals surface area contributed by atoms with Gasteiger partial charge in [-0.15, -0.1) is 0 Å². The fourth-order valence-electron chi connectivity index (χ4n) is 2.53. The normalized spacial score (nSPS) is 11.0. The number of sulfonamides is 1. The number of aromatic hydroxyl groups is 1. The van der Waals surface area contributed by atoms with Crippen molar-refractivity contribution < 1.29 is 17.9 Å². The highest BCUT2D eigenvalue weighted by Gasteiger charge is 2.16. The lowest BCUT2D eigenvalue weighted by atomic mass is 10.0. The third-order valence-electron chi connectivity index (χ3n) is 4.05. The van der Waals surface area contributed by atoms with E-state index in [1.165, 1.54) is 36.4 Å². The summed E-state index contributed by atoms with van der Waals surface area (Å²) in [5, 5.41) is 18.1. The van der Waals surface area contributed by atoms with Crippen molar-refractivity contribution in [3.8, 4) is 22.9 Å². The minimum Gasteiger partial charge on any atom is -0.508 e. The summed E-state index contributed by atoms with van der Waals surface area (Å²) in [6, 6.07) is 16.2. The Morgan fingerprint density at radius 3 is 2.26 bits per heavy atom. The van der Waals surface area contributed by atoms with E-state index >= 15 is 0 Å². The van der Waals surface area contributed by atoms with Gasteiger partial charge in [-0.3, -0.25) is 4.72 Å². The van der Waals surface area contributed by atoms with E-state index in [2.05, 4.69) is 4.72 Å². The molecule has 0 fully saturated rings. The highest BCUT2D eigenvalue weighted by molar-refractivity contribution is 7.92. The molecule has 0 spiro atoms. The second-order valence-electron chi connectivity index (χ2n) is 5.94. The molecule has 2 N–H and O–H groups in total. The Bertz CT molecular complexity index is 1150. The van der Waals surface area contributed by atoms with Crippen LogP contribution >= 0.6 is 0 Å². The van der Waals surface area contributed by atoms with Crippen LogP contribution in [0.3, 0.4) is 0 Å². The van der Waals surface area contributed by atoms with Crippen LogP contribution in [-0.4, -0.2) is 13.5 Å². The second-order valence-corrected chi connectivity index (χ2v) is 7.62. The van der Waals surface area contributed by atoms with Gasteiger partial charge in [0.05, 0.1) is 16.1 Å². The molecule has 5 nitrogen and oxygen atoms in total. The van der Waals surface area contributed by atoms with Gasteiger partial charge in [0.2, 0.25) is 0 Å². The highest BCUT2D eigenvalue weighted by atomic mass is 32.2. The van der Waals surface area contributed by atoms with Gasteiger partial charge in [-0.05, 0) is 66.1 Å². The van der Waals surface area contributed by atoms with E-state index in [9.17, 15) is 17.9 Å². The van der Waals surface area contributed by atoms with Crippen LogP contribution in [0.5, 0.6) is 5.75 Å². The maximum atomic E-state index is 13.9. The minimum atomic E-state index is -3.85. The molecule has 0 aliphatic carbocycles. The van der Waals surface area contributed by atoms with Gasteiger partial charge in [-0.2, -0.15) is 5.26 Å². The van der Waals surface area contributed by atoms with E-state index in [1.54, 1.807) is 37.3 Å². The molecule has 3 aromatic rings. The predicted molar refractivity (Wildman–Crippen MR) is 100 cm³/mol. The van der Waals surface area contributed by atoms with Crippen molar-refractivity contribution in [3.63, 3.8) is 0 Å². The van der Waals surface area contributed by atoms with Gasteiger partial charge >= 0.3 is 0 Å². The lowest BCUT2D eigenvalue weighted by Crippen LogP contribution is -2.13. The van der Waals surface area contributed by atoms with Gasteiger partial charge < -0.3 is 5.11 Å². The summed E-state index contributed by atoms with van der Waals surface area (Å²) >= 11 is 0. The number of phenols is 1. The van der Waals surface area contributed by atoms with Crippen LogP contribution in [0.2, 0.25) is 0 Å². The monoisotopic (exact) mass is 382 g/mol. The molecule has 3 aromatic carbocycles. The zero-order valence-electron chi connectivity index (χ0n) is 14.3. The quantitative estimate of drug-likeness (QED) is 0.708. The average Bonchev–Trinajstić information content (AvgIpc) is 2.63. The topological polar surface area (TPSA) is 90.2 Å². The lowest BCUT2D eigenvalue weighted by molar-refractivity contribution is 0.475. The largest absolute Gasteiger partial charge is 0.508 e. The molecule has 0 aliphatic heterocycles. The minimum absolute atomic E-state index is 0.00882. The first-order chi connectivity index (χ1) is 12.8. The number of hydrogen-bond acceptors (Lipinski definition) is 4. The number of aryl methyl sites for hydroxylation is 1. The van der Waals surface area contributed by atoms with Crippen molar-refractivity contribution in [2.75, 3.05) is 4.72 Å². The van der Waals surface area contributed by atoms with Crippen LogP contribution in [0.15, 0.2) is 65.6 Å². The molecule has 0 aliphatic rings. The zero-order chi connectivity index (χ0) is 19.6. The van der Waals surface area contributed by atoms with E-state index in [0.29, 0.717) is 22.4 Å². The average molecular weight is 382 g/mol. The highest BCUT2D eigenvalue weighted by Crippen LogP contribution is 2.28. The maximum Gasteiger partial charge on any atom is 0.261 e. The Balaban J connectivity index is 1.98. The third-order valence-corrected chi connectivity index (χ3v) is 5.43. The summed E-state index contributed by atoms with van der Waals surface area (Å²) < 4.78 is 41.5. The van der Waals surface area contributed by atoms with E-state index in [0.717, 1.165) is 0 Å². The molecule has 0 atom stereocenters. The number of nitriles is 1. The molecule has 7 heteroatoms. The Kier molecular flexibility index (Phi) is 4.84. The molecule has 0 unspecified atom stereocenters. The molecule has 136 valence electrons. The molecule has 0 heterocycles. The summed E-state index contributed by atoms with van der Waals surface area (Å²) in [6.45, 7) is 1.75. The first-order valence-corrected chi connectivity index (χ1v) is 9.41.